The van der Waals surface area contributed by atoms with Crippen molar-refractivity contribution >= 4 is 5.91 Å². The van der Waals surface area contributed by atoms with Crippen molar-refractivity contribution in [1.82, 2.24) is 5.32 Å². The minimum atomic E-state index is -1.98. The number of aliphatic hydroxyl groups excluding tert-OH is 11. The Labute approximate surface area is 598 Å². The average Bonchev–Trinajstić information content (AvgIpc) is 0.784. The van der Waals surface area contributed by atoms with E-state index in [1.807, 2.05) is 6.08 Å². The zero-order valence-corrected chi connectivity index (χ0v) is 61.7. The van der Waals surface area contributed by atoms with Crippen molar-refractivity contribution in [2.45, 2.75) is 413 Å². The summed E-state index contributed by atoms with van der Waals surface area (Å²) in [5, 5.41) is 121. The lowest BCUT2D eigenvalue weighted by Crippen LogP contribution is -2.66. The monoisotopic (exact) mass is 1410 g/mol. The molecule has 17 unspecified atom stereocenters. The molecule has 17 atom stereocenters. The van der Waals surface area contributed by atoms with Gasteiger partial charge in [0.05, 0.1) is 38.6 Å². The number of allylic oxidation sites excluding steroid dienone is 9. The average molecular weight is 1410 g/mol. The maximum atomic E-state index is 13.5. The standard InChI is InChI=1S/C80H145NO18/c1-3-5-7-9-11-13-15-17-19-21-23-25-27-29-31-33-35-37-39-41-43-45-47-49-51-53-55-57-64(85)63(81-68(86)58-56-54-52-50-48-46-44-42-40-38-36-34-32-30-28-26-24-22-20-18-16-14-12-10-8-6-4-2)62-94-78-74(92)71(89)76(66(60-83)96-78)99-80-75(93)72(90)77(67(61-84)97-80)98-79-73(91)70(88)69(87)65(59-82)95-79/h16,18,22,24,28,30,47,49,55,57,63-67,69-80,82-85,87-93H,3-15,17,19-21,23,25-27,29,31-46,48,50-54,56,58-62H2,1-2H3,(H,81,86)/b18-16-,24-22-,30-28-,49-47+,57-55+. The smallest absolute Gasteiger partial charge is 0.220 e. The molecule has 3 saturated heterocycles. The van der Waals surface area contributed by atoms with E-state index in [0.717, 1.165) is 57.8 Å². The van der Waals surface area contributed by atoms with Crippen LogP contribution in [0, 0.1) is 0 Å². The highest BCUT2D eigenvalue weighted by molar-refractivity contribution is 5.76. The minimum absolute atomic E-state index is 0.232. The maximum Gasteiger partial charge on any atom is 0.220 e. The molecular weight excluding hydrogens is 1260 g/mol. The summed E-state index contributed by atoms with van der Waals surface area (Å²) >= 11 is 0. The van der Waals surface area contributed by atoms with E-state index in [0.29, 0.717) is 12.8 Å². The van der Waals surface area contributed by atoms with Crippen LogP contribution in [0.4, 0.5) is 0 Å². The van der Waals surface area contributed by atoms with Gasteiger partial charge in [-0.25, -0.2) is 0 Å². The van der Waals surface area contributed by atoms with Crippen molar-refractivity contribution in [3.8, 4) is 0 Å². The molecular formula is C80H145NO18. The van der Waals surface area contributed by atoms with Crippen LogP contribution in [-0.4, -0.2) is 193 Å². The Kier molecular flexibility index (Phi) is 55.6. The van der Waals surface area contributed by atoms with Gasteiger partial charge in [0.1, 0.15) is 73.2 Å². The first-order valence-electron chi connectivity index (χ1n) is 40.0. The third-order valence-corrected chi connectivity index (χ3v) is 19.8. The van der Waals surface area contributed by atoms with Crippen LogP contribution in [0.3, 0.4) is 0 Å². The fourth-order valence-electron chi connectivity index (χ4n) is 13.3. The molecule has 0 aliphatic carbocycles. The van der Waals surface area contributed by atoms with Crippen molar-refractivity contribution in [2.24, 2.45) is 0 Å². The Morgan fingerprint density at radius 3 is 1.08 bits per heavy atom. The Balaban J connectivity index is 1.40. The second-order valence-corrected chi connectivity index (χ2v) is 28.5. The fraction of sp³-hybridized carbons (Fsp3) is 0.863. The van der Waals surface area contributed by atoms with Gasteiger partial charge in [0.25, 0.3) is 0 Å². The molecule has 0 bridgehead atoms. The highest BCUT2D eigenvalue weighted by atomic mass is 16.8. The molecule has 1 amide bonds. The summed E-state index contributed by atoms with van der Waals surface area (Å²) in [7, 11) is 0. The zero-order valence-electron chi connectivity index (χ0n) is 61.7. The van der Waals surface area contributed by atoms with Crippen LogP contribution < -0.4 is 5.32 Å². The summed E-state index contributed by atoms with van der Waals surface area (Å²) in [5.41, 5.74) is 0. The second-order valence-electron chi connectivity index (χ2n) is 28.5. The van der Waals surface area contributed by atoms with Gasteiger partial charge in [-0.05, 0) is 70.6 Å². The first-order valence-corrected chi connectivity index (χ1v) is 40.0. The van der Waals surface area contributed by atoms with Gasteiger partial charge in [-0.15, -0.1) is 0 Å². The quantitative estimate of drug-likeness (QED) is 0.0199. The van der Waals surface area contributed by atoms with Crippen LogP contribution in [0.25, 0.3) is 0 Å². The van der Waals surface area contributed by atoms with Crippen LogP contribution in [0.1, 0.15) is 309 Å². The lowest BCUT2D eigenvalue weighted by atomic mass is 9.96. The van der Waals surface area contributed by atoms with Crippen LogP contribution >= 0.6 is 0 Å². The molecule has 12 N–H and O–H groups in total. The third-order valence-electron chi connectivity index (χ3n) is 19.8. The predicted octanol–water partition coefficient (Wildman–Crippen LogP) is 13.1. The number of carbonyl (C=O) groups is 1. The number of nitrogens with one attached hydrogen (secondary N) is 1. The normalized spacial score (nSPS) is 26.9. The molecule has 0 radical (unpaired) electrons. The highest BCUT2D eigenvalue weighted by Gasteiger charge is 2.54. The molecule has 0 aromatic heterocycles. The minimum Gasteiger partial charge on any atom is -0.394 e. The number of amides is 1. The molecule has 0 saturated carbocycles. The van der Waals surface area contributed by atoms with Gasteiger partial charge in [0, 0.05) is 6.42 Å². The van der Waals surface area contributed by atoms with E-state index in [4.69, 9.17) is 28.4 Å². The van der Waals surface area contributed by atoms with Crippen LogP contribution in [-0.2, 0) is 33.2 Å². The Morgan fingerprint density at radius 2 is 0.677 bits per heavy atom. The van der Waals surface area contributed by atoms with Crippen LogP contribution in [0.2, 0.25) is 0 Å². The summed E-state index contributed by atoms with van der Waals surface area (Å²) in [6.07, 6.45) is 50.6. The van der Waals surface area contributed by atoms with E-state index in [1.165, 1.54) is 218 Å². The molecule has 19 nitrogen and oxygen atoms in total. The molecule has 0 aromatic carbocycles. The Hall–Kier alpha value is -2.51. The number of hydrogen-bond donors (Lipinski definition) is 12. The topological polar surface area (TPSA) is 307 Å². The molecule has 3 rings (SSSR count). The second kappa shape index (κ2) is 60.7. The summed E-state index contributed by atoms with van der Waals surface area (Å²) in [6.45, 7) is 1.74. The molecule has 578 valence electrons. The molecule has 99 heavy (non-hydrogen) atoms. The third kappa shape index (κ3) is 41.1. The summed E-state index contributed by atoms with van der Waals surface area (Å²) in [4.78, 5) is 13.5. The lowest BCUT2D eigenvalue weighted by molar-refractivity contribution is -0.379. The van der Waals surface area contributed by atoms with Crippen molar-refractivity contribution in [3.63, 3.8) is 0 Å². The van der Waals surface area contributed by atoms with Gasteiger partial charge >= 0.3 is 0 Å². The number of unbranched alkanes of at least 4 members (excludes halogenated alkanes) is 39. The first kappa shape index (κ1) is 90.7. The summed E-state index contributed by atoms with van der Waals surface area (Å²) in [6, 6.07) is -0.995. The molecule has 3 aliphatic rings. The number of carbonyl (C=O) groups excluding carboxylic acids is 1. The fourth-order valence-corrected chi connectivity index (χ4v) is 13.3. The van der Waals surface area contributed by atoms with E-state index >= 15 is 0 Å². The van der Waals surface area contributed by atoms with Crippen LogP contribution in [0.5, 0.6) is 0 Å². The zero-order chi connectivity index (χ0) is 71.8. The van der Waals surface area contributed by atoms with E-state index in [1.54, 1.807) is 6.08 Å². The van der Waals surface area contributed by atoms with Crippen molar-refractivity contribution < 1.29 is 89.4 Å². The molecule has 3 heterocycles. The number of rotatable bonds is 63. The predicted molar refractivity (Wildman–Crippen MR) is 392 cm³/mol. The van der Waals surface area contributed by atoms with Gasteiger partial charge in [0.15, 0.2) is 18.9 Å². The van der Waals surface area contributed by atoms with Crippen molar-refractivity contribution in [2.75, 3.05) is 26.4 Å². The summed E-state index contributed by atoms with van der Waals surface area (Å²) < 4.78 is 34.4. The van der Waals surface area contributed by atoms with Gasteiger partial charge in [0.2, 0.25) is 5.91 Å². The van der Waals surface area contributed by atoms with E-state index < -0.39 is 124 Å². The number of hydrogen-bond acceptors (Lipinski definition) is 18. The van der Waals surface area contributed by atoms with Gasteiger partial charge < -0.3 is 89.9 Å². The highest BCUT2D eigenvalue weighted by Crippen LogP contribution is 2.33. The number of aliphatic hydroxyl groups is 11. The number of ether oxygens (including phenoxy) is 6. The SMILES string of the molecule is CCCCCCC/C=C\C/C=C\C/C=C\CCCCCCCCCCCCCCC(=O)NC(COC1OC(CO)C(OC2OC(CO)C(OC3OC(CO)C(O)C(O)C3O)C(O)C2O)C(O)C1O)C(O)/C=C/CC/C=C/CCCCCCCCCCCCCCCCCCCCCCC. The van der Waals surface area contributed by atoms with E-state index in [2.05, 4.69) is 67.8 Å². The van der Waals surface area contributed by atoms with Gasteiger partial charge in [-0.2, -0.15) is 0 Å². The Bertz CT molecular complexity index is 2020. The van der Waals surface area contributed by atoms with Crippen LogP contribution in [0.15, 0.2) is 60.8 Å². The molecule has 0 spiro atoms. The lowest BCUT2D eigenvalue weighted by Gasteiger charge is -2.48. The van der Waals surface area contributed by atoms with E-state index in [-0.39, 0.29) is 18.9 Å². The van der Waals surface area contributed by atoms with Gasteiger partial charge in [-0.3, -0.25) is 4.79 Å². The largest absolute Gasteiger partial charge is 0.394 e. The molecule has 3 aliphatic heterocycles. The van der Waals surface area contributed by atoms with Gasteiger partial charge in [-0.1, -0.05) is 293 Å². The maximum absolute atomic E-state index is 13.5. The van der Waals surface area contributed by atoms with Crippen molar-refractivity contribution in [3.05, 3.63) is 60.8 Å². The molecule has 3 fully saturated rings. The Morgan fingerprint density at radius 1 is 0.364 bits per heavy atom. The van der Waals surface area contributed by atoms with E-state index in [9.17, 15) is 61.0 Å². The van der Waals surface area contributed by atoms with Crippen molar-refractivity contribution in [1.29, 1.82) is 0 Å². The molecule has 19 heteroatoms. The first-order chi connectivity index (χ1) is 48.3. The summed E-state index contributed by atoms with van der Waals surface area (Å²) in [5.74, 6) is -0.285. The molecule has 0 aromatic rings.